The lowest BCUT2D eigenvalue weighted by atomic mass is 9.99. The quantitative estimate of drug-likeness (QED) is 0.935. The maximum absolute atomic E-state index is 12.4. The number of carbonyl (C=O) groups excluding carboxylic acids is 1. The van der Waals surface area contributed by atoms with Gasteiger partial charge in [0.15, 0.2) is 0 Å². The molecule has 0 fully saturated rings. The summed E-state index contributed by atoms with van der Waals surface area (Å²) in [6.45, 7) is 1.19. The molecule has 0 spiro atoms. The van der Waals surface area contributed by atoms with Gasteiger partial charge in [-0.2, -0.15) is 0 Å². The first-order chi connectivity index (χ1) is 10.4. The monoisotopic (exact) mass is 336 g/mol. The van der Waals surface area contributed by atoms with E-state index in [0.717, 1.165) is 28.7 Å². The number of rotatable bonds is 3. The number of sulfonamides is 1. The molecule has 1 aliphatic heterocycles. The zero-order valence-electron chi connectivity index (χ0n) is 12.1. The van der Waals surface area contributed by atoms with E-state index in [1.54, 1.807) is 11.0 Å². The highest BCUT2D eigenvalue weighted by Gasteiger charge is 2.22. The van der Waals surface area contributed by atoms with E-state index in [0.29, 0.717) is 18.8 Å². The predicted molar refractivity (Wildman–Crippen MR) is 87.7 cm³/mol. The number of nitrogens with zero attached hydrogens (tertiary/aromatic N) is 1. The Morgan fingerprint density at radius 2 is 2.09 bits per heavy atom. The van der Waals surface area contributed by atoms with Crippen molar-refractivity contribution in [3.8, 4) is 0 Å². The van der Waals surface area contributed by atoms with E-state index < -0.39 is 10.0 Å². The van der Waals surface area contributed by atoms with Crippen LogP contribution in [0.1, 0.15) is 20.8 Å². The van der Waals surface area contributed by atoms with Crippen LogP contribution in [0.5, 0.6) is 0 Å². The van der Waals surface area contributed by atoms with Crippen LogP contribution in [0, 0.1) is 0 Å². The number of fused-ring (bicyclic) bond motifs is 1. The second kappa shape index (κ2) is 5.73. The van der Waals surface area contributed by atoms with E-state index in [1.807, 2.05) is 29.6 Å². The lowest BCUT2D eigenvalue weighted by Gasteiger charge is -2.29. The number of thiophene rings is 1. The Labute approximate surface area is 133 Å². The SMILES string of the molecule is CS(=O)(=O)Nc1ccc2c(c1)CN(C(=O)c1cccs1)CC2. The molecule has 5 nitrogen and oxygen atoms in total. The number of hydrogen-bond donors (Lipinski definition) is 1. The summed E-state index contributed by atoms with van der Waals surface area (Å²) >= 11 is 1.43. The van der Waals surface area contributed by atoms with Crippen LogP contribution in [0.4, 0.5) is 5.69 Å². The van der Waals surface area contributed by atoms with E-state index in [-0.39, 0.29) is 5.91 Å². The molecule has 0 atom stereocenters. The summed E-state index contributed by atoms with van der Waals surface area (Å²) in [7, 11) is -3.30. The average molecular weight is 336 g/mol. The molecule has 1 aromatic carbocycles. The lowest BCUT2D eigenvalue weighted by molar-refractivity contribution is 0.0739. The minimum Gasteiger partial charge on any atom is -0.333 e. The Morgan fingerprint density at radius 1 is 1.27 bits per heavy atom. The number of anilines is 1. The lowest BCUT2D eigenvalue weighted by Crippen LogP contribution is -2.35. The molecule has 22 heavy (non-hydrogen) atoms. The second-order valence-corrected chi connectivity index (χ2v) is 8.01. The average Bonchev–Trinajstić information content (AvgIpc) is 2.98. The zero-order valence-corrected chi connectivity index (χ0v) is 13.7. The highest BCUT2D eigenvalue weighted by Crippen LogP contribution is 2.25. The molecule has 0 aliphatic carbocycles. The summed E-state index contributed by atoms with van der Waals surface area (Å²) in [5.41, 5.74) is 2.69. The summed E-state index contributed by atoms with van der Waals surface area (Å²) in [4.78, 5) is 14.9. The number of amides is 1. The normalized spacial score (nSPS) is 14.5. The fraction of sp³-hybridized carbons (Fsp3) is 0.267. The fourth-order valence-electron chi connectivity index (χ4n) is 2.56. The molecule has 0 radical (unpaired) electrons. The van der Waals surface area contributed by atoms with Gasteiger partial charge in [0, 0.05) is 18.8 Å². The first-order valence-corrected chi connectivity index (χ1v) is 9.62. The van der Waals surface area contributed by atoms with Crippen LogP contribution in [-0.4, -0.2) is 32.0 Å². The third kappa shape index (κ3) is 3.31. The summed E-state index contributed by atoms with van der Waals surface area (Å²) in [6.07, 6.45) is 1.91. The topological polar surface area (TPSA) is 66.5 Å². The van der Waals surface area contributed by atoms with Crippen molar-refractivity contribution in [3.63, 3.8) is 0 Å². The van der Waals surface area contributed by atoms with Crippen molar-refractivity contribution in [3.05, 3.63) is 51.7 Å². The summed E-state index contributed by atoms with van der Waals surface area (Å²) in [6, 6.07) is 9.19. The maximum Gasteiger partial charge on any atom is 0.264 e. The van der Waals surface area contributed by atoms with E-state index >= 15 is 0 Å². The molecule has 1 amide bonds. The molecule has 1 aliphatic rings. The van der Waals surface area contributed by atoms with Crippen molar-refractivity contribution in [2.45, 2.75) is 13.0 Å². The van der Waals surface area contributed by atoms with Crippen molar-refractivity contribution < 1.29 is 13.2 Å². The van der Waals surface area contributed by atoms with Gasteiger partial charge in [0.25, 0.3) is 5.91 Å². The standard InChI is InChI=1S/C15H16N2O3S2/c1-22(19,20)16-13-5-4-11-6-7-17(10-12(11)9-13)15(18)14-3-2-8-21-14/h2-5,8-9,16H,6-7,10H2,1H3. The number of hydrogen-bond acceptors (Lipinski definition) is 4. The minimum atomic E-state index is -3.30. The van der Waals surface area contributed by atoms with E-state index in [4.69, 9.17) is 0 Å². The van der Waals surface area contributed by atoms with Gasteiger partial charge in [-0.05, 0) is 41.1 Å². The minimum absolute atomic E-state index is 0.0297. The highest BCUT2D eigenvalue weighted by atomic mass is 32.2. The van der Waals surface area contributed by atoms with Crippen LogP contribution in [0.2, 0.25) is 0 Å². The first kappa shape index (κ1) is 15.1. The highest BCUT2D eigenvalue weighted by molar-refractivity contribution is 7.92. The fourth-order valence-corrected chi connectivity index (χ4v) is 3.81. The molecule has 1 aromatic heterocycles. The third-order valence-corrected chi connectivity index (χ3v) is 5.01. The van der Waals surface area contributed by atoms with Gasteiger partial charge in [-0.25, -0.2) is 8.42 Å². The van der Waals surface area contributed by atoms with Crippen molar-refractivity contribution >= 4 is 33.0 Å². The molecular weight excluding hydrogens is 320 g/mol. The molecule has 116 valence electrons. The van der Waals surface area contributed by atoms with Crippen LogP contribution in [0.25, 0.3) is 0 Å². The second-order valence-electron chi connectivity index (χ2n) is 5.31. The molecule has 0 unspecified atom stereocenters. The third-order valence-electron chi connectivity index (χ3n) is 3.54. The number of carbonyl (C=O) groups is 1. The Kier molecular flexibility index (Phi) is 3.92. The zero-order chi connectivity index (χ0) is 15.7. The molecular formula is C15H16N2O3S2. The van der Waals surface area contributed by atoms with Crippen LogP contribution in [0.3, 0.4) is 0 Å². The molecule has 2 heterocycles. The van der Waals surface area contributed by atoms with E-state index in [9.17, 15) is 13.2 Å². The van der Waals surface area contributed by atoms with E-state index in [1.165, 1.54) is 11.3 Å². The van der Waals surface area contributed by atoms with Gasteiger partial charge in [0.2, 0.25) is 10.0 Å². The van der Waals surface area contributed by atoms with Crippen molar-refractivity contribution in [2.75, 3.05) is 17.5 Å². The van der Waals surface area contributed by atoms with Crippen LogP contribution in [-0.2, 0) is 23.0 Å². The Balaban J connectivity index is 1.82. The van der Waals surface area contributed by atoms with Gasteiger partial charge >= 0.3 is 0 Å². The Bertz CT molecular complexity index is 798. The molecule has 0 saturated heterocycles. The Hall–Kier alpha value is -1.86. The predicted octanol–water partition coefficient (Wildman–Crippen LogP) is 2.32. The summed E-state index contributed by atoms with van der Waals surface area (Å²) in [5, 5.41) is 1.89. The van der Waals surface area contributed by atoms with Gasteiger partial charge < -0.3 is 4.90 Å². The molecule has 7 heteroatoms. The molecule has 0 saturated carbocycles. The summed E-state index contributed by atoms with van der Waals surface area (Å²) < 4.78 is 25.1. The molecule has 0 bridgehead atoms. The van der Waals surface area contributed by atoms with Gasteiger partial charge in [0.1, 0.15) is 0 Å². The molecule has 1 N–H and O–H groups in total. The van der Waals surface area contributed by atoms with Crippen LogP contribution >= 0.6 is 11.3 Å². The Morgan fingerprint density at radius 3 is 2.77 bits per heavy atom. The van der Waals surface area contributed by atoms with Gasteiger partial charge in [-0.15, -0.1) is 11.3 Å². The van der Waals surface area contributed by atoms with E-state index in [2.05, 4.69) is 4.72 Å². The number of benzene rings is 1. The maximum atomic E-state index is 12.4. The summed E-state index contributed by atoms with van der Waals surface area (Å²) in [5.74, 6) is 0.0297. The van der Waals surface area contributed by atoms with Crippen molar-refractivity contribution in [1.82, 2.24) is 4.90 Å². The van der Waals surface area contributed by atoms with Gasteiger partial charge in [0.05, 0.1) is 11.1 Å². The van der Waals surface area contributed by atoms with Crippen molar-refractivity contribution in [1.29, 1.82) is 0 Å². The number of nitrogens with one attached hydrogen (secondary N) is 1. The largest absolute Gasteiger partial charge is 0.333 e. The van der Waals surface area contributed by atoms with Crippen LogP contribution in [0.15, 0.2) is 35.7 Å². The first-order valence-electron chi connectivity index (χ1n) is 6.85. The molecule has 3 rings (SSSR count). The van der Waals surface area contributed by atoms with Crippen LogP contribution < -0.4 is 4.72 Å². The smallest absolute Gasteiger partial charge is 0.264 e. The van der Waals surface area contributed by atoms with Gasteiger partial charge in [-0.3, -0.25) is 9.52 Å². The van der Waals surface area contributed by atoms with Gasteiger partial charge in [-0.1, -0.05) is 12.1 Å². The molecule has 2 aromatic rings. The van der Waals surface area contributed by atoms with Crippen molar-refractivity contribution in [2.24, 2.45) is 0 Å².